The summed E-state index contributed by atoms with van der Waals surface area (Å²) >= 11 is 1.52. The average Bonchev–Trinajstić information content (AvgIpc) is 2.46. The Bertz CT molecular complexity index is 816. The summed E-state index contributed by atoms with van der Waals surface area (Å²) in [4.78, 5) is 30.7. The summed E-state index contributed by atoms with van der Waals surface area (Å²) < 4.78 is 13.3. The lowest BCUT2D eigenvalue weighted by molar-refractivity contribution is 0.494. The number of fused-ring (bicyclic) bond motifs is 1. The highest BCUT2D eigenvalue weighted by atomic mass is 32.2. The molecule has 0 radical (unpaired) electrons. The topological polar surface area (TPSA) is 69.0 Å². The first-order valence-corrected chi connectivity index (χ1v) is 7.39. The zero-order valence-electron chi connectivity index (χ0n) is 11.6. The van der Waals surface area contributed by atoms with Crippen LogP contribution in [0.2, 0.25) is 0 Å². The van der Waals surface area contributed by atoms with E-state index in [-0.39, 0.29) is 5.82 Å². The van der Waals surface area contributed by atoms with Crippen LogP contribution in [-0.2, 0) is 5.54 Å². The summed E-state index contributed by atoms with van der Waals surface area (Å²) in [6, 6.07) is 4.64. The number of aromatic nitrogens is 2. The molecule has 2 heterocycles. The molecule has 1 aliphatic heterocycles. The maximum atomic E-state index is 13.3. The normalized spacial score (nSPS) is 21.2. The molecule has 0 saturated heterocycles. The molecule has 0 fully saturated rings. The highest BCUT2D eigenvalue weighted by Gasteiger charge is 2.38. The third-order valence-corrected chi connectivity index (χ3v) is 5.26. The van der Waals surface area contributed by atoms with Gasteiger partial charge in [-0.1, -0.05) is 0 Å². The second-order valence-electron chi connectivity index (χ2n) is 5.22. The van der Waals surface area contributed by atoms with Crippen LogP contribution in [0.5, 0.6) is 0 Å². The van der Waals surface area contributed by atoms with Crippen molar-refractivity contribution in [3.8, 4) is 0 Å². The van der Waals surface area contributed by atoms with Crippen molar-refractivity contribution in [3.63, 3.8) is 0 Å². The molecule has 7 heteroatoms. The van der Waals surface area contributed by atoms with Crippen molar-refractivity contribution in [1.29, 1.82) is 0 Å². The summed E-state index contributed by atoms with van der Waals surface area (Å²) in [7, 11) is 1.89. The number of hydrogen-bond donors (Lipinski definition) is 2. The van der Waals surface area contributed by atoms with E-state index in [1.165, 1.54) is 30.1 Å². The molecule has 0 amide bonds. The van der Waals surface area contributed by atoms with Gasteiger partial charge in [0.25, 0.3) is 0 Å². The average molecular weight is 307 g/mol. The van der Waals surface area contributed by atoms with Gasteiger partial charge in [-0.15, -0.1) is 11.8 Å². The van der Waals surface area contributed by atoms with Gasteiger partial charge in [0.1, 0.15) is 5.82 Å². The Balaban J connectivity index is 2.10. The van der Waals surface area contributed by atoms with Gasteiger partial charge < -0.3 is 14.9 Å². The predicted molar refractivity (Wildman–Crippen MR) is 80.6 cm³/mol. The summed E-state index contributed by atoms with van der Waals surface area (Å²) in [5.74, 6) is 0.359. The lowest BCUT2D eigenvalue weighted by Crippen LogP contribution is -2.48. The van der Waals surface area contributed by atoms with E-state index in [1.54, 1.807) is 6.07 Å². The zero-order valence-corrected chi connectivity index (χ0v) is 12.4. The SMILES string of the molecule is CN1c2ccc(F)cc2SCC1(C)c1c[nH]c(=O)c(=O)[nH]1. The number of benzene rings is 1. The Hall–Kier alpha value is -2.02. The fourth-order valence-corrected chi connectivity index (χ4v) is 3.76. The van der Waals surface area contributed by atoms with Crippen molar-refractivity contribution in [2.24, 2.45) is 0 Å². The second-order valence-corrected chi connectivity index (χ2v) is 6.24. The van der Waals surface area contributed by atoms with Crippen molar-refractivity contribution >= 4 is 17.4 Å². The summed E-state index contributed by atoms with van der Waals surface area (Å²) in [5, 5.41) is 0. The van der Waals surface area contributed by atoms with E-state index in [4.69, 9.17) is 0 Å². The van der Waals surface area contributed by atoms with Crippen molar-refractivity contribution in [1.82, 2.24) is 9.97 Å². The van der Waals surface area contributed by atoms with Gasteiger partial charge in [0, 0.05) is 23.9 Å². The van der Waals surface area contributed by atoms with Crippen LogP contribution in [0.25, 0.3) is 0 Å². The summed E-state index contributed by atoms with van der Waals surface area (Å²) in [6.45, 7) is 1.97. The molecular formula is C14H14FN3O2S. The molecule has 1 unspecified atom stereocenters. The molecule has 110 valence electrons. The van der Waals surface area contributed by atoms with Crippen molar-refractivity contribution < 1.29 is 4.39 Å². The molecule has 2 aromatic rings. The van der Waals surface area contributed by atoms with Crippen LogP contribution in [0.1, 0.15) is 12.6 Å². The number of rotatable bonds is 1. The van der Waals surface area contributed by atoms with Gasteiger partial charge in [0.2, 0.25) is 0 Å². The van der Waals surface area contributed by atoms with Gasteiger partial charge in [-0.3, -0.25) is 9.59 Å². The first kappa shape index (κ1) is 13.9. The van der Waals surface area contributed by atoms with Crippen molar-refractivity contribution in [3.05, 3.63) is 56.6 Å². The monoisotopic (exact) mass is 307 g/mol. The molecule has 1 aliphatic rings. The van der Waals surface area contributed by atoms with Crippen LogP contribution in [0.4, 0.5) is 10.1 Å². The quantitative estimate of drug-likeness (QED) is 0.786. The Labute approximate surface area is 124 Å². The van der Waals surface area contributed by atoms with E-state index >= 15 is 0 Å². The molecule has 3 rings (SSSR count). The lowest BCUT2D eigenvalue weighted by atomic mass is 9.97. The van der Waals surface area contributed by atoms with Gasteiger partial charge in [-0.25, -0.2) is 4.39 Å². The molecular weight excluding hydrogens is 293 g/mol. The smallest absolute Gasteiger partial charge is 0.313 e. The minimum absolute atomic E-state index is 0.268. The van der Waals surface area contributed by atoms with Crippen molar-refractivity contribution in [2.45, 2.75) is 17.4 Å². The Kier molecular flexibility index (Phi) is 3.16. The number of halogens is 1. The molecule has 1 aromatic carbocycles. The van der Waals surface area contributed by atoms with Crippen LogP contribution < -0.4 is 16.0 Å². The first-order valence-electron chi connectivity index (χ1n) is 6.40. The molecule has 0 spiro atoms. The third-order valence-electron chi connectivity index (χ3n) is 3.91. The van der Waals surface area contributed by atoms with E-state index in [0.717, 1.165) is 10.6 Å². The van der Waals surface area contributed by atoms with E-state index in [0.29, 0.717) is 11.4 Å². The molecule has 5 nitrogen and oxygen atoms in total. The standard InChI is InChI=1S/C14H14FN3O2S/c1-14(11-6-16-12(19)13(20)17-11)7-21-10-5-8(15)3-4-9(10)18(14)2/h3-6H,7H2,1-2H3,(H,16,19)(H,17,20). The number of H-pyrrole nitrogens is 2. The minimum Gasteiger partial charge on any atom is -0.362 e. The number of aromatic amines is 2. The van der Waals surface area contributed by atoms with E-state index in [9.17, 15) is 14.0 Å². The van der Waals surface area contributed by atoms with Crippen LogP contribution >= 0.6 is 11.8 Å². The first-order chi connectivity index (χ1) is 9.91. The summed E-state index contributed by atoms with van der Waals surface area (Å²) in [6.07, 6.45) is 1.52. The molecule has 2 N–H and O–H groups in total. The maximum absolute atomic E-state index is 13.3. The Morgan fingerprint density at radius 1 is 1.33 bits per heavy atom. The van der Waals surface area contributed by atoms with E-state index < -0.39 is 16.7 Å². The van der Waals surface area contributed by atoms with Gasteiger partial charge in [0.15, 0.2) is 0 Å². The molecule has 1 atom stereocenters. The zero-order chi connectivity index (χ0) is 15.2. The lowest BCUT2D eigenvalue weighted by Gasteiger charge is -2.44. The fourth-order valence-electron chi connectivity index (χ4n) is 2.43. The molecule has 0 saturated carbocycles. The highest BCUT2D eigenvalue weighted by molar-refractivity contribution is 7.99. The van der Waals surface area contributed by atoms with Gasteiger partial charge in [-0.05, 0) is 25.1 Å². The minimum atomic E-state index is -0.670. The molecule has 21 heavy (non-hydrogen) atoms. The number of nitrogens with one attached hydrogen (secondary N) is 2. The van der Waals surface area contributed by atoms with Crippen LogP contribution in [0.15, 0.2) is 38.9 Å². The largest absolute Gasteiger partial charge is 0.362 e. The molecule has 1 aromatic heterocycles. The van der Waals surface area contributed by atoms with Crippen molar-refractivity contribution in [2.75, 3.05) is 17.7 Å². The summed E-state index contributed by atoms with van der Waals surface area (Å²) in [5.41, 5.74) is -0.328. The fraction of sp³-hybridized carbons (Fsp3) is 0.286. The van der Waals surface area contributed by atoms with Gasteiger partial charge in [0.05, 0.1) is 16.9 Å². The number of hydrogen-bond acceptors (Lipinski definition) is 4. The van der Waals surface area contributed by atoms with Gasteiger partial charge >= 0.3 is 11.1 Å². The van der Waals surface area contributed by atoms with E-state index in [2.05, 4.69) is 9.97 Å². The van der Waals surface area contributed by atoms with Crippen LogP contribution in [0.3, 0.4) is 0 Å². The predicted octanol–water partition coefficient (Wildman–Crippen LogP) is 1.66. The molecule has 0 aliphatic carbocycles. The Morgan fingerprint density at radius 2 is 2.10 bits per heavy atom. The van der Waals surface area contributed by atoms with E-state index in [1.807, 2.05) is 18.9 Å². The molecule has 0 bridgehead atoms. The second kappa shape index (κ2) is 4.77. The highest BCUT2D eigenvalue weighted by Crippen LogP contribution is 2.44. The Morgan fingerprint density at radius 3 is 2.81 bits per heavy atom. The number of anilines is 1. The third kappa shape index (κ3) is 2.17. The van der Waals surface area contributed by atoms with Crippen LogP contribution in [0, 0.1) is 5.82 Å². The maximum Gasteiger partial charge on any atom is 0.313 e. The number of thioether (sulfide) groups is 1. The van der Waals surface area contributed by atoms with Crippen LogP contribution in [-0.4, -0.2) is 22.8 Å². The van der Waals surface area contributed by atoms with Gasteiger partial charge in [-0.2, -0.15) is 0 Å². The number of nitrogens with zero attached hydrogens (tertiary/aromatic N) is 1.